The van der Waals surface area contributed by atoms with Gasteiger partial charge in [0.15, 0.2) is 0 Å². The lowest BCUT2D eigenvalue weighted by atomic mass is 9.63. The van der Waals surface area contributed by atoms with Gasteiger partial charge in [-0.1, -0.05) is 13.0 Å². The lowest BCUT2D eigenvalue weighted by molar-refractivity contribution is 0.0953. The molecule has 2 atom stereocenters. The highest BCUT2D eigenvalue weighted by molar-refractivity contribution is 6.03. The second-order valence-corrected chi connectivity index (χ2v) is 7.75. The van der Waals surface area contributed by atoms with Crippen LogP contribution in [0.25, 0.3) is 0 Å². The molecule has 1 amide bonds. The van der Waals surface area contributed by atoms with Gasteiger partial charge in [-0.25, -0.2) is 9.82 Å². The largest absolute Gasteiger partial charge is 0.497 e. The van der Waals surface area contributed by atoms with E-state index in [1.807, 2.05) is 6.07 Å². The van der Waals surface area contributed by atoms with Gasteiger partial charge in [0.25, 0.3) is 5.91 Å². The number of nitrogens with one attached hydrogen (secondary N) is 1. The number of piperidine rings is 1. The molecule has 1 aliphatic carbocycles. The maximum atomic E-state index is 13.1. The van der Waals surface area contributed by atoms with Crippen LogP contribution in [0.2, 0.25) is 0 Å². The fraction of sp³-hybridized carbons (Fsp3) is 0.364. The molecular weight excluding hydrogens is 357 g/mol. The summed E-state index contributed by atoms with van der Waals surface area (Å²) < 4.78 is 18.5. The number of methoxy groups -OCH3 is 1. The van der Waals surface area contributed by atoms with Crippen molar-refractivity contribution in [3.8, 4) is 5.75 Å². The Bertz CT molecular complexity index is 941. The minimum atomic E-state index is -0.371. The summed E-state index contributed by atoms with van der Waals surface area (Å²) in [7, 11) is 3.76. The Labute approximate surface area is 164 Å². The van der Waals surface area contributed by atoms with E-state index in [4.69, 9.17) is 4.74 Å². The van der Waals surface area contributed by atoms with Gasteiger partial charge in [0.1, 0.15) is 11.6 Å². The van der Waals surface area contributed by atoms with Crippen LogP contribution in [0.15, 0.2) is 47.6 Å². The fourth-order valence-corrected chi connectivity index (χ4v) is 4.34. The second kappa shape index (κ2) is 7.02. The van der Waals surface area contributed by atoms with Crippen LogP contribution in [0, 0.1) is 5.82 Å². The van der Waals surface area contributed by atoms with Crippen molar-refractivity contribution >= 4 is 11.6 Å². The quantitative estimate of drug-likeness (QED) is 0.831. The van der Waals surface area contributed by atoms with Crippen molar-refractivity contribution < 1.29 is 13.9 Å². The number of rotatable bonds is 3. The first-order valence-corrected chi connectivity index (χ1v) is 9.44. The van der Waals surface area contributed by atoms with E-state index >= 15 is 0 Å². The van der Waals surface area contributed by atoms with Gasteiger partial charge in [-0.2, -0.15) is 5.10 Å². The van der Waals surface area contributed by atoms with E-state index < -0.39 is 0 Å². The fourth-order valence-electron chi connectivity index (χ4n) is 4.34. The molecule has 5 nitrogen and oxygen atoms in total. The summed E-state index contributed by atoms with van der Waals surface area (Å²) in [6.07, 6.45) is 1.75. The van der Waals surface area contributed by atoms with Gasteiger partial charge in [0, 0.05) is 11.0 Å². The molecule has 0 saturated carbocycles. The maximum Gasteiger partial charge on any atom is 0.271 e. The molecule has 0 unspecified atom stereocenters. The van der Waals surface area contributed by atoms with Gasteiger partial charge in [0.2, 0.25) is 0 Å². The summed E-state index contributed by atoms with van der Waals surface area (Å²) in [6, 6.07) is 11.8. The van der Waals surface area contributed by atoms with Crippen molar-refractivity contribution in [1.29, 1.82) is 0 Å². The highest BCUT2D eigenvalue weighted by atomic mass is 19.1. The molecule has 0 aromatic heterocycles. The molecule has 28 heavy (non-hydrogen) atoms. The summed E-state index contributed by atoms with van der Waals surface area (Å²) >= 11 is 0. The van der Waals surface area contributed by atoms with Gasteiger partial charge in [0.05, 0.1) is 18.9 Å². The highest BCUT2D eigenvalue weighted by Crippen LogP contribution is 2.43. The molecule has 2 aromatic rings. The van der Waals surface area contributed by atoms with Crippen LogP contribution < -0.4 is 10.2 Å². The standard InChI is InChI=1S/C22H24FN3O2/c1-22-10-11-26(2)19(12-15-6-9-17(28-3)13-18(15)22)20(22)24-25-21(27)14-4-7-16(23)8-5-14/h4-9,13,19H,10-12H2,1-3H3,(H,25,27)/t19-,22+/m0/s1. The molecule has 2 bridgehead atoms. The van der Waals surface area contributed by atoms with E-state index in [1.165, 1.54) is 35.4 Å². The van der Waals surface area contributed by atoms with Crippen LogP contribution in [0.4, 0.5) is 4.39 Å². The molecule has 0 radical (unpaired) electrons. The predicted molar refractivity (Wildman–Crippen MR) is 106 cm³/mol. The Balaban J connectivity index is 1.69. The predicted octanol–water partition coefficient (Wildman–Crippen LogP) is 3.14. The lowest BCUT2D eigenvalue weighted by Crippen LogP contribution is -2.59. The Morgan fingerprint density at radius 3 is 2.75 bits per heavy atom. The SMILES string of the molecule is COc1ccc2c(c1)[C@@]1(C)CCN(C)[C@@H](C2)C1=NNC(=O)c1ccc(F)cc1. The Morgan fingerprint density at radius 2 is 2.04 bits per heavy atom. The van der Waals surface area contributed by atoms with Gasteiger partial charge in [-0.15, -0.1) is 0 Å². The average molecular weight is 381 g/mol. The third kappa shape index (κ3) is 3.07. The Hall–Kier alpha value is -2.73. The van der Waals surface area contributed by atoms with Gasteiger partial charge >= 0.3 is 0 Å². The number of amides is 1. The van der Waals surface area contributed by atoms with Crippen LogP contribution in [0.1, 0.15) is 34.8 Å². The van der Waals surface area contributed by atoms with Crippen LogP contribution in [-0.2, 0) is 11.8 Å². The highest BCUT2D eigenvalue weighted by Gasteiger charge is 2.47. The molecule has 146 valence electrons. The van der Waals surface area contributed by atoms with Crippen LogP contribution in [-0.4, -0.2) is 43.3 Å². The van der Waals surface area contributed by atoms with E-state index in [9.17, 15) is 9.18 Å². The topological polar surface area (TPSA) is 53.9 Å². The number of likely N-dealkylation sites (tertiary alicyclic amines) is 1. The lowest BCUT2D eigenvalue weighted by Gasteiger charge is -2.49. The van der Waals surface area contributed by atoms with Gasteiger partial charge in [-0.05, 0) is 74.0 Å². The van der Waals surface area contributed by atoms with Crippen molar-refractivity contribution in [2.24, 2.45) is 5.10 Å². The molecule has 1 heterocycles. The molecule has 1 N–H and O–H groups in total. The van der Waals surface area contributed by atoms with E-state index in [1.54, 1.807) is 7.11 Å². The summed E-state index contributed by atoms with van der Waals surface area (Å²) in [6.45, 7) is 3.15. The molecule has 1 saturated heterocycles. The van der Waals surface area contributed by atoms with Crippen LogP contribution in [0.3, 0.4) is 0 Å². The Morgan fingerprint density at radius 1 is 1.29 bits per heavy atom. The minimum Gasteiger partial charge on any atom is -0.497 e. The van der Waals surface area contributed by atoms with Crippen LogP contribution in [0.5, 0.6) is 5.75 Å². The normalized spacial score (nSPS) is 25.3. The number of fused-ring (bicyclic) bond motifs is 4. The summed E-state index contributed by atoms with van der Waals surface area (Å²) in [4.78, 5) is 14.8. The molecule has 4 rings (SSSR count). The zero-order valence-corrected chi connectivity index (χ0v) is 16.3. The maximum absolute atomic E-state index is 13.1. The number of nitrogens with zero attached hydrogens (tertiary/aromatic N) is 2. The summed E-state index contributed by atoms with van der Waals surface area (Å²) in [5.74, 6) is 0.115. The zero-order chi connectivity index (χ0) is 19.9. The number of carbonyl (C=O) groups is 1. The zero-order valence-electron chi connectivity index (χ0n) is 16.3. The third-order valence-electron chi connectivity index (χ3n) is 6.09. The number of hydrogen-bond donors (Lipinski definition) is 1. The van der Waals surface area contributed by atoms with Crippen molar-refractivity contribution in [2.45, 2.75) is 31.2 Å². The van der Waals surface area contributed by atoms with E-state index in [2.05, 4.69) is 41.5 Å². The summed E-state index contributed by atoms with van der Waals surface area (Å²) in [5, 5.41) is 4.58. The number of likely N-dealkylation sites (N-methyl/N-ethyl adjacent to an activating group) is 1. The third-order valence-corrected chi connectivity index (χ3v) is 6.09. The average Bonchev–Trinajstić information content (AvgIpc) is 2.70. The van der Waals surface area contributed by atoms with Crippen molar-refractivity contribution in [2.75, 3.05) is 20.7 Å². The van der Waals surface area contributed by atoms with Crippen molar-refractivity contribution in [3.63, 3.8) is 0 Å². The van der Waals surface area contributed by atoms with Crippen molar-refractivity contribution in [3.05, 3.63) is 65.0 Å². The second-order valence-electron chi connectivity index (χ2n) is 7.75. The van der Waals surface area contributed by atoms with Crippen LogP contribution >= 0.6 is 0 Å². The number of benzene rings is 2. The number of hydrogen-bond acceptors (Lipinski definition) is 4. The molecule has 0 spiro atoms. The monoisotopic (exact) mass is 381 g/mol. The molecule has 6 heteroatoms. The number of carbonyl (C=O) groups excluding carboxylic acids is 1. The minimum absolute atomic E-state index is 0.133. The molecule has 2 aliphatic rings. The number of halogens is 1. The number of ether oxygens (including phenoxy) is 1. The molecular formula is C22H24FN3O2. The molecule has 1 fully saturated rings. The first-order chi connectivity index (χ1) is 13.4. The van der Waals surface area contributed by atoms with Crippen molar-refractivity contribution in [1.82, 2.24) is 10.3 Å². The smallest absolute Gasteiger partial charge is 0.271 e. The van der Waals surface area contributed by atoms with E-state index in [0.717, 1.165) is 30.8 Å². The first kappa shape index (κ1) is 18.6. The first-order valence-electron chi connectivity index (χ1n) is 9.44. The number of hydrazone groups is 1. The summed E-state index contributed by atoms with van der Waals surface area (Å²) in [5.41, 5.74) is 6.27. The van der Waals surface area contributed by atoms with Gasteiger partial charge < -0.3 is 4.74 Å². The van der Waals surface area contributed by atoms with E-state index in [-0.39, 0.29) is 23.2 Å². The molecule has 2 aromatic carbocycles. The Kier molecular flexibility index (Phi) is 4.67. The molecule has 1 aliphatic heterocycles. The van der Waals surface area contributed by atoms with Gasteiger partial charge in [-0.3, -0.25) is 9.69 Å². The van der Waals surface area contributed by atoms with E-state index in [0.29, 0.717) is 5.56 Å².